The van der Waals surface area contributed by atoms with Gasteiger partial charge in [0, 0.05) is 31.9 Å². The van der Waals surface area contributed by atoms with Gasteiger partial charge in [-0.2, -0.15) is 0 Å². The first-order valence-electron chi connectivity index (χ1n) is 7.10. The maximum Gasteiger partial charge on any atom is 0.119 e. The van der Waals surface area contributed by atoms with E-state index in [9.17, 15) is 0 Å². The van der Waals surface area contributed by atoms with Crippen molar-refractivity contribution in [2.45, 2.75) is 25.8 Å². The molecule has 1 unspecified atom stereocenters. The van der Waals surface area contributed by atoms with Crippen LogP contribution < -0.4 is 10.1 Å². The standard InChI is InChI=1S/C16H23N3O/c1-4-20-14-7-5-13(6-8-14)15(17-2)9-10-16-18-11-12-19(16)3/h5-8,11-12,15,17H,4,9-10H2,1-3H3. The molecule has 1 aromatic heterocycles. The highest BCUT2D eigenvalue weighted by Gasteiger charge is 2.11. The van der Waals surface area contributed by atoms with Gasteiger partial charge < -0.3 is 14.6 Å². The average molecular weight is 273 g/mol. The number of hydrogen-bond donors (Lipinski definition) is 1. The number of nitrogens with zero attached hydrogens (tertiary/aromatic N) is 2. The second-order valence-electron chi connectivity index (χ2n) is 4.84. The Labute approximate surface area is 120 Å². The zero-order chi connectivity index (χ0) is 14.4. The van der Waals surface area contributed by atoms with E-state index in [1.54, 1.807) is 0 Å². The topological polar surface area (TPSA) is 39.1 Å². The number of aromatic nitrogens is 2. The molecule has 4 nitrogen and oxygen atoms in total. The summed E-state index contributed by atoms with van der Waals surface area (Å²) in [5.41, 5.74) is 1.28. The zero-order valence-electron chi connectivity index (χ0n) is 12.5. The van der Waals surface area contributed by atoms with E-state index in [0.29, 0.717) is 12.6 Å². The van der Waals surface area contributed by atoms with Crippen LogP contribution in [0, 0.1) is 0 Å². The van der Waals surface area contributed by atoms with E-state index in [-0.39, 0.29) is 0 Å². The van der Waals surface area contributed by atoms with Crippen LogP contribution in [0.3, 0.4) is 0 Å². The smallest absolute Gasteiger partial charge is 0.119 e. The lowest BCUT2D eigenvalue weighted by Gasteiger charge is -2.17. The predicted octanol–water partition coefficient (Wildman–Crippen LogP) is 2.71. The Morgan fingerprint density at radius 2 is 2.05 bits per heavy atom. The molecule has 0 aliphatic rings. The highest BCUT2D eigenvalue weighted by molar-refractivity contribution is 5.29. The minimum Gasteiger partial charge on any atom is -0.494 e. The van der Waals surface area contributed by atoms with Gasteiger partial charge in [0.2, 0.25) is 0 Å². The van der Waals surface area contributed by atoms with Crippen molar-refractivity contribution >= 4 is 0 Å². The van der Waals surface area contributed by atoms with Crippen molar-refractivity contribution in [2.75, 3.05) is 13.7 Å². The summed E-state index contributed by atoms with van der Waals surface area (Å²) in [6.07, 6.45) is 5.82. The molecule has 4 heteroatoms. The summed E-state index contributed by atoms with van der Waals surface area (Å²) < 4.78 is 7.55. The minimum absolute atomic E-state index is 0.336. The Hall–Kier alpha value is -1.81. The van der Waals surface area contributed by atoms with E-state index in [1.165, 1.54) is 5.56 Å². The van der Waals surface area contributed by atoms with Crippen LogP contribution in [0.2, 0.25) is 0 Å². The second kappa shape index (κ2) is 7.10. The van der Waals surface area contributed by atoms with Gasteiger partial charge in [-0.3, -0.25) is 0 Å². The molecule has 1 aromatic carbocycles. The molecular weight excluding hydrogens is 250 g/mol. The summed E-state index contributed by atoms with van der Waals surface area (Å²) in [6, 6.07) is 8.66. The maximum atomic E-state index is 5.48. The van der Waals surface area contributed by atoms with E-state index >= 15 is 0 Å². The Morgan fingerprint density at radius 1 is 1.30 bits per heavy atom. The van der Waals surface area contributed by atoms with E-state index < -0.39 is 0 Å². The van der Waals surface area contributed by atoms with E-state index in [1.807, 2.05) is 45.5 Å². The number of benzene rings is 1. The lowest BCUT2D eigenvalue weighted by Crippen LogP contribution is -2.17. The van der Waals surface area contributed by atoms with Crippen LogP contribution in [0.1, 0.15) is 30.8 Å². The number of hydrogen-bond acceptors (Lipinski definition) is 3. The Kier molecular flexibility index (Phi) is 5.18. The molecule has 0 saturated heterocycles. The minimum atomic E-state index is 0.336. The molecule has 0 spiro atoms. The largest absolute Gasteiger partial charge is 0.494 e. The maximum absolute atomic E-state index is 5.48. The van der Waals surface area contributed by atoms with Gasteiger partial charge in [-0.15, -0.1) is 0 Å². The quantitative estimate of drug-likeness (QED) is 0.843. The molecule has 2 aromatic rings. The number of rotatable bonds is 7. The van der Waals surface area contributed by atoms with Crippen LogP contribution in [0.15, 0.2) is 36.7 Å². The zero-order valence-corrected chi connectivity index (χ0v) is 12.5. The third-order valence-electron chi connectivity index (χ3n) is 3.52. The lowest BCUT2D eigenvalue weighted by atomic mass is 10.0. The van der Waals surface area contributed by atoms with Crippen molar-refractivity contribution in [3.05, 3.63) is 48.0 Å². The number of aryl methyl sites for hydroxylation is 2. The van der Waals surface area contributed by atoms with Crippen LogP contribution in [-0.2, 0) is 13.5 Å². The molecule has 0 saturated carbocycles. The van der Waals surface area contributed by atoms with E-state index in [0.717, 1.165) is 24.4 Å². The molecule has 0 aliphatic carbocycles. The Bertz CT molecular complexity index is 519. The summed E-state index contributed by atoms with van der Waals surface area (Å²) in [6.45, 7) is 2.70. The fraction of sp³-hybridized carbons (Fsp3) is 0.438. The molecular formula is C16H23N3O. The molecule has 0 radical (unpaired) electrons. The van der Waals surface area contributed by atoms with Crippen LogP contribution in [0.25, 0.3) is 0 Å². The molecule has 0 aliphatic heterocycles. The summed E-state index contributed by atoms with van der Waals surface area (Å²) in [5.74, 6) is 2.05. The first-order valence-corrected chi connectivity index (χ1v) is 7.10. The van der Waals surface area contributed by atoms with Gasteiger partial charge in [0.25, 0.3) is 0 Å². The van der Waals surface area contributed by atoms with Gasteiger partial charge in [-0.25, -0.2) is 4.98 Å². The van der Waals surface area contributed by atoms with Crippen molar-refractivity contribution in [3.8, 4) is 5.75 Å². The molecule has 0 bridgehead atoms. The third kappa shape index (κ3) is 3.61. The van der Waals surface area contributed by atoms with Gasteiger partial charge in [0.05, 0.1) is 6.61 Å². The number of nitrogens with one attached hydrogen (secondary N) is 1. The van der Waals surface area contributed by atoms with Crippen molar-refractivity contribution < 1.29 is 4.74 Å². The Balaban J connectivity index is 1.98. The highest BCUT2D eigenvalue weighted by atomic mass is 16.5. The van der Waals surface area contributed by atoms with Crippen molar-refractivity contribution in [2.24, 2.45) is 7.05 Å². The SMILES string of the molecule is CCOc1ccc(C(CCc2nccn2C)NC)cc1. The predicted molar refractivity (Wildman–Crippen MR) is 80.9 cm³/mol. The second-order valence-corrected chi connectivity index (χ2v) is 4.84. The van der Waals surface area contributed by atoms with Crippen LogP contribution in [0.5, 0.6) is 5.75 Å². The normalized spacial score (nSPS) is 12.3. The first kappa shape index (κ1) is 14.6. The molecule has 1 atom stereocenters. The highest BCUT2D eigenvalue weighted by Crippen LogP contribution is 2.21. The molecule has 1 heterocycles. The summed E-state index contributed by atoms with van der Waals surface area (Å²) in [4.78, 5) is 4.37. The fourth-order valence-electron chi connectivity index (χ4n) is 2.35. The van der Waals surface area contributed by atoms with E-state index in [4.69, 9.17) is 4.74 Å². The molecule has 20 heavy (non-hydrogen) atoms. The monoisotopic (exact) mass is 273 g/mol. The number of ether oxygens (including phenoxy) is 1. The average Bonchev–Trinajstić information content (AvgIpc) is 2.87. The molecule has 108 valence electrons. The van der Waals surface area contributed by atoms with Crippen molar-refractivity contribution in [1.29, 1.82) is 0 Å². The summed E-state index contributed by atoms with van der Waals surface area (Å²) in [5, 5.41) is 3.37. The van der Waals surface area contributed by atoms with Gasteiger partial charge in [-0.1, -0.05) is 12.1 Å². The van der Waals surface area contributed by atoms with Crippen LogP contribution in [0.4, 0.5) is 0 Å². The molecule has 0 amide bonds. The molecule has 1 N–H and O–H groups in total. The molecule has 0 fully saturated rings. The lowest BCUT2D eigenvalue weighted by molar-refractivity contribution is 0.340. The van der Waals surface area contributed by atoms with Crippen LogP contribution >= 0.6 is 0 Å². The molecule has 2 rings (SSSR count). The van der Waals surface area contributed by atoms with E-state index in [2.05, 4.69) is 27.0 Å². The summed E-state index contributed by atoms with van der Waals surface area (Å²) >= 11 is 0. The summed E-state index contributed by atoms with van der Waals surface area (Å²) in [7, 11) is 4.03. The van der Waals surface area contributed by atoms with Crippen LogP contribution in [-0.4, -0.2) is 23.2 Å². The Morgan fingerprint density at radius 3 is 2.60 bits per heavy atom. The van der Waals surface area contributed by atoms with Crippen molar-refractivity contribution in [1.82, 2.24) is 14.9 Å². The number of imidazole rings is 1. The first-order chi connectivity index (χ1) is 9.74. The fourth-order valence-corrected chi connectivity index (χ4v) is 2.35. The van der Waals surface area contributed by atoms with Gasteiger partial charge in [-0.05, 0) is 38.1 Å². The third-order valence-corrected chi connectivity index (χ3v) is 3.52. The van der Waals surface area contributed by atoms with Gasteiger partial charge in [0.15, 0.2) is 0 Å². The van der Waals surface area contributed by atoms with Crippen molar-refractivity contribution in [3.63, 3.8) is 0 Å². The van der Waals surface area contributed by atoms with Gasteiger partial charge >= 0.3 is 0 Å². The van der Waals surface area contributed by atoms with Gasteiger partial charge in [0.1, 0.15) is 11.6 Å².